The van der Waals surface area contributed by atoms with Gasteiger partial charge >= 0.3 is 0 Å². The molecular weight excluding hydrogens is 394 g/mol. The Balaban J connectivity index is 1.49. The summed E-state index contributed by atoms with van der Waals surface area (Å²) in [7, 11) is 3.66. The van der Waals surface area contributed by atoms with Crippen molar-refractivity contribution < 1.29 is 14.3 Å². The zero-order valence-corrected chi connectivity index (χ0v) is 19.2. The van der Waals surface area contributed by atoms with E-state index in [1.165, 1.54) is 5.56 Å². The van der Waals surface area contributed by atoms with Crippen LogP contribution >= 0.6 is 0 Å². The van der Waals surface area contributed by atoms with Gasteiger partial charge in [0.2, 0.25) is 5.91 Å². The van der Waals surface area contributed by atoms with Crippen molar-refractivity contribution in [2.24, 2.45) is 18.4 Å². The lowest BCUT2D eigenvalue weighted by atomic mass is 9.71. The van der Waals surface area contributed by atoms with Gasteiger partial charge in [-0.25, -0.2) is 0 Å². The van der Waals surface area contributed by atoms with Crippen LogP contribution < -0.4 is 9.47 Å². The molecule has 3 heterocycles. The molecule has 2 aliphatic rings. The summed E-state index contributed by atoms with van der Waals surface area (Å²) in [5, 5.41) is 8.49. The summed E-state index contributed by atoms with van der Waals surface area (Å²) in [6.45, 7) is 10.7. The predicted octanol–water partition coefficient (Wildman–Crippen LogP) is 2.31. The smallest absolute Gasteiger partial charge is 0.225 e. The number of ether oxygens (including phenoxy) is 2. The molecule has 8 heteroatoms. The summed E-state index contributed by atoms with van der Waals surface area (Å²) in [6.07, 6.45) is 1.75. The van der Waals surface area contributed by atoms with E-state index < -0.39 is 0 Å². The Labute approximate surface area is 184 Å². The number of carbonyl (C=O) groups excluding carboxylic acids is 1. The van der Waals surface area contributed by atoms with E-state index in [0.717, 1.165) is 43.5 Å². The van der Waals surface area contributed by atoms with Crippen molar-refractivity contribution in [3.05, 3.63) is 35.9 Å². The van der Waals surface area contributed by atoms with Crippen molar-refractivity contribution in [1.82, 2.24) is 24.6 Å². The Bertz CT molecular complexity index is 935. The molecule has 2 aliphatic heterocycles. The van der Waals surface area contributed by atoms with E-state index in [4.69, 9.17) is 9.47 Å². The Morgan fingerprint density at radius 1 is 1.26 bits per heavy atom. The molecule has 31 heavy (non-hydrogen) atoms. The molecule has 4 rings (SSSR count). The summed E-state index contributed by atoms with van der Waals surface area (Å²) in [5.74, 6) is 2.94. The summed E-state index contributed by atoms with van der Waals surface area (Å²) in [6, 6.07) is 6.13. The molecule has 0 saturated carbocycles. The third kappa shape index (κ3) is 4.01. The first-order chi connectivity index (χ1) is 14.9. The molecule has 1 unspecified atom stereocenters. The maximum atomic E-state index is 12.7. The Morgan fingerprint density at radius 3 is 2.65 bits per heavy atom. The van der Waals surface area contributed by atoms with Gasteiger partial charge in [-0.05, 0) is 24.6 Å². The summed E-state index contributed by atoms with van der Waals surface area (Å²) in [5.41, 5.74) is 1.22. The quantitative estimate of drug-likeness (QED) is 0.675. The van der Waals surface area contributed by atoms with Crippen molar-refractivity contribution in [3.8, 4) is 11.5 Å². The highest BCUT2D eigenvalue weighted by molar-refractivity contribution is 5.78. The summed E-state index contributed by atoms with van der Waals surface area (Å²) < 4.78 is 13.1. The second-order valence-corrected chi connectivity index (χ2v) is 9.15. The van der Waals surface area contributed by atoms with E-state index >= 15 is 0 Å². The average Bonchev–Trinajstić information content (AvgIpc) is 3.31. The number of benzene rings is 1. The number of rotatable bonds is 7. The Morgan fingerprint density at radius 2 is 2.03 bits per heavy atom. The molecule has 1 spiro atoms. The van der Waals surface area contributed by atoms with Crippen LogP contribution in [0.15, 0.2) is 24.5 Å². The number of likely N-dealkylation sites (tertiary alicyclic amines) is 2. The van der Waals surface area contributed by atoms with Crippen molar-refractivity contribution in [2.45, 2.75) is 33.2 Å². The van der Waals surface area contributed by atoms with Crippen molar-refractivity contribution in [3.63, 3.8) is 0 Å². The van der Waals surface area contributed by atoms with Crippen molar-refractivity contribution in [1.29, 1.82) is 0 Å². The maximum absolute atomic E-state index is 12.7. The highest BCUT2D eigenvalue weighted by Gasteiger charge is 2.56. The molecule has 1 aromatic heterocycles. The number of amides is 1. The molecule has 2 fully saturated rings. The van der Waals surface area contributed by atoms with Crippen LogP contribution in [0.3, 0.4) is 0 Å². The SMILES string of the molecule is CCOc1ccc(CN2CC3(C2)CN(C(=O)C(C)C)CC3c2nncn2C)cc1OC. The van der Waals surface area contributed by atoms with Crippen LogP contribution in [0, 0.1) is 11.3 Å². The third-order valence-corrected chi connectivity index (χ3v) is 6.52. The minimum Gasteiger partial charge on any atom is -0.493 e. The van der Waals surface area contributed by atoms with Crippen LogP contribution in [-0.2, 0) is 18.4 Å². The topological polar surface area (TPSA) is 72.7 Å². The standard InChI is InChI=1S/C23H33N5O3/c1-6-31-19-8-7-17(9-20(19)30-5)10-27-12-23(13-27)14-28(22(29)16(2)3)11-18(23)21-25-24-15-26(21)4/h7-9,15-16,18H,6,10-14H2,1-5H3. The number of hydrogen-bond acceptors (Lipinski definition) is 6. The summed E-state index contributed by atoms with van der Waals surface area (Å²) >= 11 is 0. The van der Waals surface area contributed by atoms with Gasteiger partial charge in [-0.1, -0.05) is 19.9 Å². The largest absolute Gasteiger partial charge is 0.493 e. The van der Waals surface area contributed by atoms with Crippen LogP contribution in [0.1, 0.15) is 38.1 Å². The van der Waals surface area contributed by atoms with Gasteiger partial charge in [-0.15, -0.1) is 10.2 Å². The zero-order valence-electron chi connectivity index (χ0n) is 19.2. The first-order valence-corrected chi connectivity index (χ1v) is 11.0. The molecular formula is C23H33N5O3. The molecule has 0 bridgehead atoms. The van der Waals surface area contributed by atoms with Gasteiger partial charge in [-0.2, -0.15) is 0 Å². The highest BCUT2D eigenvalue weighted by atomic mass is 16.5. The molecule has 0 N–H and O–H groups in total. The Kier molecular flexibility index (Phi) is 5.92. The van der Waals surface area contributed by atoms with Crippen LogP contribution in [0.2, 0.25) is 0 Å². The van der Waals surface area contributed by atoms with Gasteiger partial charge in [0, 0.05) is 57.0 Å². The third-order valence-electron chi connectivity index (χ3n) is 6.52. The first-order valence-electron chi connectivity index (χ1n) is 11.0. The van der Waals surface area contributed by atoms with E-state index in [1.807, 2.05) is 43.4 Å². The highest BCUT2D eigenvalue weighted by Crippen LogP contribution is 2.49. The number of aromatic nitrogens is 3. The first kappa shape index (κ1) is 21.6. The molecule has 2 saturated heterocycles. The van der Waals surface area contributed by atoms with E-state index in [0.29, 0.717) is 13.2 Å². The predicted molar refractivity (Wildman–Crippen MR) is 117 cm³/mol. The number of aryl methyl sites for hydroxylation is 1. The van der Waals surface area contributed by atoms with E-state index in [1.54, 1.807) is 13.4 Å². The lowest BCUT2D eigenvalue weighted by Gasteiger charge is -2.50. The number of hydrogen-bond donors (Lipinski definition) is 0. The fraction of sp³-hybridized carbons (Fsp3) is 0.609. The molecule has 1 amide bonds. The molecule has 2 aromatic rings. The number of methoxy groups -OCH3 is 1. The van der Waals surface area contributed by atoms with Gasteiger partial charge in [0.1, 0.15) is 12.2 Å². The van der Waals surface area contributed by atoms with E-state index in [9.17, 15) is 4.79 Å². The normalized spacial score (nSPS) is 20.3. The molecule has 1 atom stereocenters. The van der Waals surface area contributed by atoms with Gasteiger partial charge in [0.25, 0.3) is 0 Å². The van der Waals surface area contributed by atoms with Crippen LogP contribution in [-0.4, -0.2) is 70.4 Å². The maximum Gasteiger partial charge on any atom is 0.225 e. The minimum absolute atomic E-state index is 0.00259. The average molecular weight is 428 g/mol. The van der Waals surface area contributed by atoms with Crippen LogP contribution in [0.5, 0.6) is 11.5 Å². The van der Waals surface area contributed by atoms with Gasteiger partial charge in [-0.3, -0.25) is 9.69 Å². The van der Waals surface area contributed by atoms with Crippen LogP contribution in [0.25, 0.3) is 0 Å². The minimum atomic E-state index is 0.00259. The molecule has 0 aliphatic carbocycles. The van der Waals surface area contributed by atoms with E-state index in [2.05, 4.69) is 27.2 Å². The molecule has 168 valence electrons. The second kappa shape index (κ2) is 8.49. The molecule has 1 aromatic carbocycles. The number of carbonyl (C=O) groups is 1. The molecule has 8 nitrogen and oxygen atoms in total. The second-order valence-electron chi connectivity index (χ2n) is 9.15. The fourth-order valence-corrected chi connectivity index (χ4v) is 5.08. The zero-order chi connectivity index (χ0) is 22.2. The lowest BCUT2D eigenvalue weighted by molar-refractivity contribution is -0.134. The van der Waals surface area contributed by atoms with Crippen molar-refractivity contribution in [2.75, 3.05) is 39.9 Å². The monoisotopic (exact) mass is 427 g/mol. The van der Waals surface area contributed by atoms with Gasteiger partial charge in [0.15, 0.2) is 11.5 Å². The Hall–Kier alpha value is -2.61. The number of nitrogens with zero attached hydrogens (tertiary/aromatic N) is 5. The van der Waals surface area contributed by atoms with Crippen molar-refractivity contribution >= 4 is 5.91 Å². The fourth-order valence-electron chi connectivity index (χ4n) is 5.08. The lowest BCUT2D eigenvalue weighted by Crippen LogP contribution is -2.59. The van der Waals surface area contributed by atoms with E-state index in [-0.39, 0.29) is 23.2 Å². The summed E-state index contributed by atoms with van der Waals surface area (Å²) in [4.78, 5) is 17.2. The van der Waals surface area contributed by atoms with Gasteiger partial charge in [0.05, 0.1) is 13.7 Å². The molecule has 0 radical (unpaired) electrons. The van der Waals surface area contributed by atoms with Crippen LogP contribution in [0.4, 0.5) is 0 Å². The van der Waals surface area contributed by atoms with Gasteiger partial charge < -0.3 is 18.9 Å².